The molecular formula is C14H9IN2. The summed E-state index contributed by atoms with van der Waals surface area (Å²) in [4.78, 5) is 3.41. The Morgan fingerprint density at radius 1 is 1.18 bits per heavy atom. The number of H-pyrrole nitrogens is 1. The van der Waals surface area contributed by atoms with Crippen molar-refractivity contribution in [3.63, 3.8) is 0 Å². The Morgan fingerprint density at radius 2 is 2.00 bits per heavy atom. The zero-order valence-electron chi connectivity index (χ0n) is 9.21. The topological polar surface area (TPSA) is 39.6 Å². The van der Waals surface area contributed by atoms with Crippen LogP contribution in [0.5, 0.6) is 0 Å². The number of rotatable bonds is 0. The minimum absolute atomic E-state index is 0.712. The molecule has 82 valence electrons. The molecule has 1 N–H and O–H groups in total. The molecule has 0 fully saturated rings. The van der Waals surface area contributed by atoms with Gasteiger partial charge < -0.3 is 4.98 Å². The van der Waals surface area contributed by atoms with Crippen molar-refractivity contribution in [2.24, 2.45) is 0 Å². The molecule has 0 saturated carbocycles. The SMILES string of the molecule is Cc1ccc2[nH]c3c(I)cc(C#N)cc3c2c1. The number of fused-ring (bicyclic) bond motifs is 3. The summed E-state index contributed by atoms with van der Waals surface area (Å²) in [5.41, 5.74) is 4.18. The molecule has 0 spiro atoms. The molecule has 0 radical (unpaired) electrons. The summed E-state index contributed by atoms with van der Waals surface area (Å²) in [6.07, 6.45) is 0. The van der Waals surface area contributed by atoms with E-state index in [-0.39, 0.29) is 0 Å². The average Bonchev–Trinajstić information content (AvgIpc) is 2.68. The second-order valence-corrected chi connectivity index (χ2v) is 5.33. The van der Waals surface area contributed by atoms with Crippen LogP contribution in [0.15, 0.2) is 30.3 Å². The highest BCUT2D eigenvalue weighted by atomic mass is 127. The van der Waals surface area contributed by atoms with Crippen molar-refractivity contribution in [2.45, 2.75) is 6.92 Å². The molecule has 3 aromatic rings. The van der Waals surface area contributed by atoms with Crippen LogP contribution in [0, 0.1) is 21.8 Å². The van der Waals surface area contributed by atoms with Crippen molar-refractivity contribution in [3.8, 4) is 6.07 Å². The Bertz CT molecular complexity index is 778. The Labute approximate surface area is 112 Å². The highest BCUT2D eigenvalue weighted by molar-refractivity contribution is 14.1. The van der Waals surface area contributed by atoms with Gasteiger partial charge in [-0.2, -0.15) is 5.26 Å². The molecule has 0 bridgehead atoms. The van der Waals surface area contributed by atoms with Crippen LogP contribution >= 0.6 is 22.6 Å². The van der Waals surface area contributed by atoms with E-state index in [1.54, 1.807) is 0 Å². The normalized spacial score (nSPS) is 10.9. The molecular weight excluding hydrogens is 323 g/mol. The summed E-state index contributed by atoms with van der Waals surface area (Å²) in [6.45, 7) is 2.08. The third-order valence-corrected chi connectivity index (χ3v) is 3.80. The summed E-state index contributed by atoms with van der Waals surface area (Å²) >= 11 is 2.27. The highest BCUT2D eigenvalue weighted by Gasteiger charge is 2.08. The quantitative estimate of drug-likeness (QED) is 0.619. The van der Waals surface area contributed by atoms with Crippen LogP contribution in [0.3, 0.4) is 0 Å². The maximum absolute atomic E-state index is 9.02. The van der Waals surface area contributed by atoms with E-state index >= 15 is 0 Å². The smallest absolute Gasteiger partial charge is 0.0992 e. The van der Waals surface area contributed by atoms with Crippen LogP contribution in [0.4, 0.5) is 0 Å². The van der Waals surface area contributed by atoms with Gasteiger partial charge in [-0.1, -0.05) is 11.6 Å². The van der Waals surface area contributed by atoms with Gasteiger partial charge in [0.1, 0.15) is 0 Å². The van der Waals surface area contributed by atoms with E-state index in [1.165, 1.54) is 10.9 Å². The van der Waals surface area contributed by atoms with Crippen molar-refractivity contribution >= 4 is 44.4 Å². The molecule has 3 heteroatoms. The minimum Gasteiger partial charge on any atom is -0.354 e. The lowest BCUT2D eigenvalue weighted by molar-refractivity contribution is 1.47. The molecule has 2 nitrogen and oxygen atoms in total. The summed E-state index contributed by atoms with van der Waals surface area (Å²) in [7, 11) is 0. The van der Waals surface area contributed by atoms with Crippen LogP contribution in [0.2, 0.25) is 0 Å². The molecule has 1 aromatic heterocycles. The second-order valence-electron chi connectivity index (χ2n) is 4.17. The van der Waals surface area contributed by atoms with E-state index in [9.17, 15) is 0 Å². The zero-order valence-corrected chi connectivity index (χ0v) is 11.4. The van der Waals surface area contributed by atoms with Crippen LogP contribution in [-0.2, 0) is 0 Å². The van der Waals surface area contributed by atoms with Crippen molar-refractivity contribution < 1.29 is 0 Å². The third kappa shape index (κ3) is 1.60. The fourth-order valence-corrected chi connectivity index (χ4v) is 2.90. The number of aromatic amines is 1. The van der Waals surface area contributed by atoms with Crippen molar-refractivity contribution in [1.82, 2.24) is 4.98 Å². The van der Waals surface area contributed by atoms with Crippen molar-refractivity contribution in [3.05, 3.63) is 45.0 Å². The van der Waals surface area contributed by atoms with Crippen molar-refractivity contribution in [1.29, 1.82) is 5.26 Å². The van der Waals surface area contributed by atoms with Crippen molar-refractivity contribution in [2.75, 3.05) is 0 Å². The standard InChI is InChI=1S/C14H9IN2/c1-8-2-3-13-10(4-8)11-5-9(7-16)6-12(15)14(11)17-13/h2-6,17H,1H3. The van der Waals surface area contributed by atoms with Gasteiger partial charge in [0, 0.05) is 19.9 Å². The first-order valence-electron chi connectivity index (χ1n) is 5.31. The Hall–Kier alpha value is -1.54. The van der Waals surface area contributed by atoms with Crippen LogP contribution in [-0.4, -0.2) is 4.98 Å². The zero-order chi connectivity index (χ0) is 12.0. The number of halogens is 1. The maximum atomic E-state index is 9.02. The van der Waals surface area contributed by atoms with E-state index in [4.69, 9.17) is 5.26 Å². The first-order valence-corrected chi connectivity index (χ1v) is 6.38. The molecule has 0 aliphatic carbocycles. The number of nitriles is 1. The number of hydrogen-bond donors (Lipinski definition) is 1. The molecule has 1 heterocycles. The summed E-state index contributed by atoms with van der Waals surface area (Å²) in [5.74, 6) is 0. The van der Waals surface area contributed by atoms with Gasteiger partial charge in [-0.25, -0.2) is 0 Å². The van der Waals surface area contributed by atoms with E-state index in [0.29, 0.717) is 5.56 Å². The number of benzene rings is 2. The highest BCUT2D eigenvalue weighted by Crippen LogP contribution is 2.30. The van der Waals surface area contributed by atoms with E-state index in [0.717, 1.165) is 20.0 Å². The van der Waals surface area contributed by atoms with E-state index < -0.39 is 0 Å². The van der Waals surface area contributed by atoms with Gasteiger partial charge in [-0.05, 0) is 53.8 Å². The molecule has 2 aromatic carbocycles. The largest absolute Gasteiger partial charge is 0.354 e. The van der Waals surface area contributed by atoms with Gasteiger partial charge in [0.25, 0.3) is 0 Å². The molecule has 17 heavy (non-hydrogen) atoms. The number of aryl methyl sites for hydroxylation is 1. The van der Waals surface area contributed by atoms with E-state index in [1.807, 2.05) is 12.1 Å². The lowest BCUT2D eigenvalue weighted by Gasteiger charge is -1.96. The molecule has 0 unspecified atom stereocenters. The van der Waals surface area contributed by atoms with Gasteiger partial charge in [0.2, 0.25) is 0 Å². The van der Waals surface area contributed by atoms with Crippen LogP contribution < -0.4 is 0 Å². The third-order valence-electron chi connectivity index (χ3n) is 2.94. The van der Waals surface area contributed by atoms with E-state index in [2.05, 4.69) is 58.8 Å². The van der Waals surface area contributed by atoms with Gasteiger partial charge in [-0.3, -0.25) is 0 Å². The Balaban J connectivity index is 2.55. The molecule has 3 rings (SSSR count). The van der Waals surface area contributed by atoms with Gasteiger partial charge in [-0.15, -0.1) is 0 Å². The lowest BCUT2D eigenvalue weighted by atomic mass is 10.1. The number of aromatic nitrogens is 1. The first-order chi connectivity index (χ1) is 8.19. The summed E-state index contributed by atoms with van der Waals surface area (Å²) in [6, 6.07) is 12.4. The summed E-state index contributed by atoms with van der Waals surface area (Å²) in [5, 5.41) is 11.3. The first kappa shape index (κ1) is 10.6. The van der Waals surface area contributed by atoms with Gasteiger partial charge in [0.15, 0.2) is 0 Å². The minimum atomic E-state index is 0.712. The fraction of sp³-hybridized carbons (Fsp3) is 0.0714. The van der Waals surface area contributed by atoms with Crippen LogP contribution in [0.1, 0.15) is 11.1 Å². The Morgan fingerprint density at radius 3 is 2.76 bits per heavy atom. The van der Waals surface area contributed by atoms with Crippen LogP contribution in [0.25, 0.3) is 21.8 Å². The predicted octanol–water partition coefficient (Wildman–Crippen LogP) is 4.11. The molecule has 0 amide bonds. The predicted molar refractivity (Wildman–Crippen MR) is 78.0 cm³/mol. The lowest BCUT2D eigenvalue weighted by Crippen LogP contribution is -1.79. The summed E-state index contributed by atoms with van der Waals surface area (Å²) < 4.78 is 1.09. The monoisotopic (exact) mass is 332 g/mol. The van der Waals surface area contributed by atoms with Gasteiger partial charge >= 0.3 is 0 Å². The molecule has 0 saturated heterocycles. The Kier molecular flexibility index (Phi) is 2.33. The number of hydrogen-bond acceptors (Lipinski definition) is 1. The number of nitrogens with zero attached hydrogens (tertiary/aromatic N) is 1. The van der Waals surface area contributed by atoms with Gasteiger partial charge in [0.05, 0.1) is 17.1 Å². The fourth-order valence-electron chi connectivity index (χ4n) is 2.14. The molecule has 0 aliphatic heterocycles. The maximum Gasteiger partial charge on any atom is 0.0992 e. The second kappa shape index (κ2) is 3.74. The molecule has 0 atom stereocenters. The molecule has 0 aliphatic rings. The number of nitrogens with one attached hydrogen (secondary N) is 1. The average molecular weight is 332 g/mol.